The van der Waals surface area contributed by atoms with E-state index in [1.165, 1.54) is 7.11 Å². The van der Waals surface area contributed by atoms with Crippen molar-refractivity contribution in [2.75, 3.05) is 13.7 Å². The van der Waals surface area contributed by atoms with Gasteiger partial charge in [-0.1, -0.05) is 0 Å². The molecule has 1 rings (SSSR count). The van der Waals surface area contributed by atoms with Gasteiger partial charge in [0.05, 0.1) is 18.6 Å². The molecule has 0 aliphatic carbocycles. The van der Waals surface area contributed by atoms with Crippen LogP contribution in [0.15, 0.2) is 23.1 Å². The SMILES string of the molecule is COc1ccc(S(=O)(=O)NC(CO)C(=O)O)cc1F. The third-order valence-electron chi connectivity index (χ3n) is 2.21. The van der Waals surface area contributed by atoms with Crippen molar-refractivity contribution in [1.82, 2.24) is 4.72 Å². The smallest absolute Gasteiger partial charge is 0.324 e. The van der Waals surface area contributed by atoms with Crippen LogP contribution in [0.3, 0.4) is 0 Å². The largest absolute Gasteiger partial charge is 0.494 e. The molecule has 0 heterocycles. The van der Waals surface area contributed by atoms with E-state index in [4.69, 9.17) is 10.2 Å². The molecule has 1 atom stereocenters. The molecule has 3 N–H and O–H groups in total. The molecular weight excluding hydrogens is 281 g/mol. The number of methoxy groups -OCH3 is 1. The Morgan fingerprint density at radius 3 is 2.58 bits per heavy atom. The van der Waals surface area contributed by atoms with E-state index < -0.39 is 39.4 Å². The first-order chi connectivity index (χ1) is 8.81. The van der Waals surface area contributed by atoms with Crippen LogP contribution in [0.1, 0.15) is 0 Å². The number of sulfonamides is 1. The van der Waals surface area contributed by atoms with Gasteiger partial charge in [0, 0.05) is 0 Å². The Balaban J connectivity index is 3.07. The van der Waals surface area contributed by atoms with Gasteiger partial charge in [-0.25, -0.2) is 12.8 Å². The number of carboxylic acid groups (broad SMARTS) is 1. The van der Waals surface area contributed by atoms with Crippen molar-refractivity contribution >= 4 is 16.0 Å². The minimum absolute atomic E-state index is 0.143. The molecular formula is C10H12FNO6S. The van der Waals surface area contributed by atoms with Gasteiger partial charge in [-0.05, 0) is 18.2 Å². The molecule has 1 aromatic rings. The second-order valence-electron chi connectivity index (χ2n) is 3.49. The Bertz CT molecular complexity index is 573. The summed E-state index contributed by atoms with van der Waals surface area (Å²) in [6, 6.07) is 1.14. The van der Waals surface area contributed by atoms with E-state index in [2.05, 4.69) is 4.74 Å². The van der Waals surface area contributed by atoms with Crippen LogP contribution in [0.2, 0.25) is 0 Å². The summed E-state index contributed by atoms with van der Waals surface area (Å²) in [5.41, 5.74) is 0. The summed E-state index contributed by atoms with van der Waals surface area (Å²) in [4.78, 5) is 10.2. The number of carboxylic acids is 1. The molecule has 7 nitrogen and oxygen atoms in total. The lowest BCUT2D eigenvalue weighted by molar-refractivity contribution is -0.139. The van der Waals surface area contributed by atoms with Gasteiger partial charge < -0.3 is 14.9 Å². The molecule has 19 heavy (non-hydrogen) atoms. The van der Waals surface area contributed by atoms with Gasteiger partial charge in [-0.2, -0.15) is 4.72 Å². The number of hydrogen-bond acceptors (Lipinski definition) is 5. The fraction of sp³-hybridized carbons (Fsp3) is 0.300. The van der Waals surface area contributed by atoms with Crippen LogP contribution in [-0.4, -0.2) is 44.4 Å². The van der Waals surface area contributed by atoms with Gasteiger partial charge in [0.2, 0.25) is 10.0 Å². The Morgan fingerprint density at radius 2 is 2.16 bits per heavy atom. The Labute approximate surface area is 108 Å². The first-order valence-corrected chi connectivity index (χ1v) is 6.49. The van der Waals surface area contributed by atoms with Crippen LogP contribution >= 0.6 is 0 Å². The van der Waals surface area contributed by atoms with Gasteiger partial charge >= 0.3 is 5.97 Å². The van der Waals surface area contributed by atoms with E-state index in [-0.39, 0.29) is 5.75 Å². The van der Waals surface area contributed by atoms with Crippen molar-refractivity contribution in [3.8, 4) is 5.75 Å². The molecule has 1 aromatic carbocycles. The molecule has 0 saturated heterocycles. The predicted molar refractivity (Wildman–Crippen MR) is 61.8 cm³/mol. The highest BCUT2D eigenvalue weighted by Gasteiger charge is 2.25. The molecule has 9 heteroatoms. The zero-order chi connectivity index (χ0) is 14.6. The van der Waals surface area contributed by atoms with Gasteiger partial charge in [0.15, 0.2) is 11.6 Å². The second-order valence-corrected chi connectivity index (χ2v) is 5.21. The molecule has 1 unspecified atom stereocenters. The zero-order valence-corrected chi connectivity index (χ0v) is 10.6. The molecule has 0 saturated carbocycles. The summed E-state index contributed by atoms with van der Waals surface area (Å²) < 4.78 is 43.3. The average molecular weight is 293 g/mol. The van der Waals surface area contributed by atoms with Crippen LogP contribution in [0.4, 0.5) is 4.39 Å². The number of benzene rings is 1. The number of aliphatic carboxylic acids is 1. The maximum atomic E-state index is 13.4. The van der Waals surface area contributed by atoms with Crippen molar-refractivity contribution < 1.29 is 32.6 Å². The average Bonchev–Trinajstić information content (AvgIpc) is 2.35. The predicted octanol–water partition coefficient (Wildman–Crippen LogP) is -0.442. The van der Waals surface area contributed by atoms with Gasteiger partial charge in [0.25, 0.3) is 0 Å². The van der Waals surface area contributed by atoms with Crippen molar-refractivity contribution in [1.29, 1.82) is 0 Å². The highest BCUT2D eigenvalue weighted by Crippen LogP contribution is 2.20. The second kappa shape index (κ2) is 5.95. The number of ether oxygens (including phenoxy) is 1. The summed E-state index contributed by atoms with van der Waals surface area (Å²) >= 11 is 0. The van der Waals surface area contributed by atoms with E-state index in [1.54, 1.807) is 4.72 Å². The molecule has 0 aromatic heterocycles. The van der Waals surface area contributed by atoms with E-state index in [9.17, 15) is 17.6 Å². The molecule has 0 amide bonds. The van der Waals surface area contributed by atoms with Crippen LogP contribution in [-0.2, 0) is 14.8 Å². The number of carbonyl (C=O) groups is 1. The minimum atomic E-state index is -4.25. The normalized spacial score (nSPS) is 13.0. The third kappa shape index (κ3) is 3.63. The highest BCUT2D eigenvalue weighted by molar-refractivity contribution is 7.89. The molecule has 0 spiro atoms. The van der Waals surface area contributed by atoms with E-state index in [1.807, 2.05) is 0 Å². The maximum Gasteiger partial charge on any atom is 0.324 e. The number of hydrogen-bond donors (Lipinski definition) is 3. The van der Waals surface area contributed by atoms with Crippen molar-refractivity contribution in [2.45, 2.75) is 10.9 Å². The van der Waals surface area contributed by atoms with Crippen molar-refractivity contribution in [2.24, 2.45) is 0 Å². The van der Waals surface area contributed by atoms with E-state index in [0.717, 1.165) is 12.1 Å². The highest BCUT2D eigenvalue weighted by atomic mass is 32.2. The van der Waals surface area contributed by atoms with Gasteiger partial charge in [-0.3, -0.25) is 4.79 Å². The number of rotatable bonds is 6. The molecule has 0 fully saturated rings. The zero-order valence-electron chi connectivity index (χ0n) is 9.83. The monoisotopic (exact) mass is 293 g/mol. The number of nitrogens with one attached hydrogen (secondary N) is 1. The van der Waals surface area contributed by atoms with E-state index in [0.29, 0.717) is 6.07 Å². The van der Waals surface area contributed by atoms with Crippen LogP contribution in [0.25, 0.3) is 0 Å². The number of aliphatic hydroxyl groups is 1. The third-order valence-corrected chi connectivity index (χ3v) is 3.68. The van der Waals surface area contributed by atoms with Crippen LogP contribution < -0.4 is 9.46 Å². The first kappa shape index (κ1) is 15.3. The lowest BCUT2D eigenvalue weighted by Crippen LogP contribution is -2.43. The lowest BCUT2D eigenvalue weighted by Gasteiger charge is -2.12. The quantitative estimate of drug-likeness (QED) is 0.655. The fourth-order valence-corrected chi connectivity index (χ4v) is 2.43. The minimum Gasteiger partial charge on any atom is -0.494 e. The molecule has 0 radical (unpaired) electrons. The maximum absolute atomic E-state index is 13.4. The van der Waals surface area contributed by atoms with Crippen molar-refractivity contribution in [3.63, 3.8) is 0 Å². The lowest BCUT2D eigenvalue weighted by atomic mass is 10.3. The first-order valence-electron chi connectivity index (χ1n) is 5.01. The Morgan fingerprint density at radius 1 is 1.53 bits per heavy atom. The summed E-state index contributed by atoms with van der Waals surface area (Å²) in [7, 11) is -3.03. The summed E-state index contributed by atoms with van der Waals surface area (Å²) in [6.07, 6.45) is 0. The van der Waals surface area contributed by atoms with Crippen LogP contribution in [0.5, 0.6) is 5.75 Å². The van der Waals surface area contributed by atoms with Gasteiger partial charge in [-0.15, -0.1) is 0 Å². The molecule has 0 aliphatic rings. The summed E-state index contributed by atoms with van der Waals surface area (Å²) in [6.45, 7) is -0.923. The number of aliphatic hydroxyl groups excluding tert-OH is 1. The summed E-state index contributed by atoms with van der Waals surface area (Å²) in [5, 5.41) is 17.4. The fourth-order valence-electron chi connectivity index (χ4n) is 1.24. The molecule has 0 aliphatic heterocycles. The van der Waals surface area contributed by atoms with Crippen molar-refractivity contribution in [3.05, 3.63) is 24.0 Å². The van der Waals surface area contributed by atoms with E-state index >= 15 is 0 Å². The number of halogens is 1. The Hall–Kier alpha value is -1.71. The standard InChI is InChI=1S/C10H12FNO6S/c1-18-9-3-2-6(4-7(9)11)19(16,17)12-8(5-13)10(14)15/h2-4,8,12-13H,5H2,1H3,(H,14,15). The summed E-state index contributed by atoms with van der Waals surface area (Å²) in [5.74, 6) is -2.59. The Kier molecular flexibility index (Phi) is 4.81. The molecule has 0 bridgehead atoms. The molecule has 106 valence electrons. The topological polar surface area (TPSA) is 113 Å². The van der Waals surface area contributed by atoms with Gasteiger partial charge in [0.1, 0.15) is 6.04 Å². The van der Waals surface area contributed by atoms with Crippen LogP contribution in [0, 0.1) is 5.82 Å².